The summed E-state index contributed by atoms with van der Waals surface area (Å²) in [5.41, 5.74) is 11.2. The van der Waals surface area contributed by atoms with Gasteiger partial charge in [0, 0.05) is 71.3 Å². The van der Waals surface area contributed by atoms with E-state index >= 15 is 0 Å². The summed E-state index contributed by atoms with van der Waals surface area (Å²) >= 11 is 1.84. The molecule has 0 N–H and O–H groups in total. The first-order valence-electron chi connectivity index (χ1n) is 18.9. The van der Waals surface area contributed by atoms with Gasteiger partial charge in [0.25, 0.3) is 0 Å². The lowest BCUT2D eigenvalue weighted by Crippen LogP contribution is -2.10. The molecule has 1 aliphatic heterocycles. The number of nitrogens with zero attached hydrogens (tertiary/aromatic N) is 2. The molecule has 264 valence electrons. The maximum absolute atomic E-state index is 6.65. The molecule has 0 unspecified atom stereocenters. The standard InChI is InChI=1S/C52H34N2OS/c1-3-13-38(14-4-1)53(39-15-5-2-6-16-39)40-25-21-35(22-26-40)36-23-27-41(28-24-36)54(43-30-32-46-45-17-7-8-20-50(45)56-51(46)34-43)42-29-31-44-47-18-9-11-37-12-10-19-48(52(37)47)55-49(44)33-42/h1-34H. The van der Waals surface area contributed by atoms with Crippen LogP contribution in [0.15, 0.2) is 206 Å². The predicted molar refractivity (Wildman–Crippen MR) is 237 cm³/mol. The van der Waals surface area contributed by atoms with Gasteiger partial charge in [-0.1, -0.05) is 115 Å². The average molecular weight is 735 g/mol. The summed E-state index contributed by atoms with van der Waals surface area (Å²) in [6.45, 7) is 0. The van der Waals surface area contributed by atoms with Crippen molar-refractivity contribution >= 4 is 76.4 Å². The largest absolute Gasteiger partial charge is 0.456 e. The molecule has 3 nitrogen and oxygen atoms in total. The van der Waals surface area contributed by atoms with Crippen LogP contribution in [0.3, 0.4) is 0 Å². The highest BCUT2D eigenvalue weighted by molar-refractivity contribution is 7.25. The van der Waals surface area contributed by atoms with Gasteiger partial charge in [0.2, 0.25) is 0 Å². The first kappa shape index (κ1) is 32.3. The summed E-state index contributed by atoms with van der Waals surface area (Å²) in [7, 11) is 0. The molecular formula is C52H34N2OS. The summed E-state index contributed by atoms with van der Waals surface area (Å²) < 4.78 is 9.22. The Morgan fingerprint density at radius 1 is 0.339 bits per heavy atom. The number of benzene rings is 9. The highest BCUT2D eigenvalue weighted by Gasteiger charge is 2.23. The Morgan fingerprint density at radius 2 is 0.875 bits per heavy atom. The second-order valence-electron chi connectivity index (χ2n) is 14.2. The minimum atomic E-state index is 0.860. The lowest BCUT2D eigenvalue weighted by molar-refractivity contribution is 0.487. The highest BCUT2D eigenvalue weighted by Crippen LogP contribution is 2.49. The van der Waals surface area contributed by atoms with Crippen LogP contribution in [0.1, 0.15) is 0 Å². The molecule has 10 aromatic rings. The summed E-state index contributed by atoms with van der Waals surface area (Å²) in [6.07, 6.45) is 0. The van der Waals surface area contributed by atoms with Gasteiger partial charge in [0.15, 0.2) is 0 Å². The molecule has 0 radical (unpaired) electrons. The molecule has 9 aromatic carbocycles. The fourth-order valence-corrected chi connectivity index (χ4v) is 9.34. The maximum Gasteiger partial charge on any atom is 0.137 e. The van der Waals surface area contributed by atoms with Crippen LogP contribution in [-0.4, -0.2) is 0 Å². The molecule has 0 saturated heterocycles. The number of hydrogen-bond donors (Lipinski definition) is 0. The lowest BCUT2D eigenvalue weighted by Gasteiger charge is -2.28. The lowest BCUT2D eigenvalue weighted by atomic mass is 9.94. The first-order valence-corrected chi connectivity index (χ1v) is 19.7. The smallest absolute Gasteiger partial charge is 0.137 e. The molecule has 1 aromatic heterocycles. The van der Waals surface area contributed by atoms with Crippen molar-refractivity contribution in [3.63, 3.8) is 0 Å². The van der Waals surface area contributed by atoms with Crippen LogP contribution in [0, 0.1) is 0 Å². The fourth-order valence-electron chi connectivity index (χ4n) is 8.20. The van der Waals surface area contributed by atoms with Crippen molar-refractivity contribution in [1.82, 2.24) is 0 Å². The predicted octanol–water partition coefficient (Wildman–Crippen LogP) is 15.6. The Kier molecular flexibility index (Phi) is 7.68. The minimum Gasteiger partial charge on any atom is -0.456 e. The van der Waals surface area contributed by atoms with E-state index in [1.807, 2.05) is 11.3 Å². The average Bonchev–Trinajstić information content (AvgIpc) is 3.63. The molecule has 0 amide bonds. The SMILES string of the molecule is c1ccc(N(c2ccccc2)c2ccc(-c3ccc(N(c4ccc5c(c4)Oc4cccc6cccc-5c46)c4ccc5c(c4)sc4ccccc45)cc3)cc2)cc1. The Hall–Kier alpha value is -7.14. The van der Waals surface area contributed by atoms with Crippen LogP contribution in [0.4, 0.5) is 34.1 Å². The van der Waals surface area contributed by atoms with Gasteiger partial charge in [-0.05, 0) is 107 Å². The van der Waals surface area contributed by atoms with Crippen LogP contribution in [0.25, 0.3) is 53.2 Å². The Morgan fingerprint density at radius 3 is 1.57 bits per heavy atom. The molecule has 0 fully saturated rings. The number of rotatable bonds is 7. The van der Waals surface area contributed by atoms with Crippen LogP contribution in [-0.2, 0) is 0 Å². The molecule has 2 heterocycles. The molecule has 0 atom stereocenters. The van der Waals surface area contributed by atoms with Crippen LogP contribution < -0.4 is 14.5 Å². The maximum atomic E-state index is 6.65. The van der Waals surface area contributed by atoms with Crippen molar-refractivity contribution in [2.45, 2.75) is 0 Å². The van der Waals surface area contributed by atoms with Gasteiger partial charge >= 0.3 is 0 Å². The molecule has 4 heteroatoms. The Labute approximate surface area is 329 Å². The first-order chi connectivity index (χ1) is 27.7. The van der Waals surface area contributed by atoms with Gasteiger partial charge in [0.05, 0.1) is 0 Å². The van der Waals surface area contributed by atoms with E-state index in [9.17, 15) is 0 Å². The summed E-state index contributed by atoms with van der Waals surface area (Å²) in [5.74, 6) is 1.76. The second-order valence-corrected chi connectivity index (χ2v) is 15.2. The van der Waals surface area contributed by atoms with E-state index in [0.717, 1.165) is 62.3 Å². The minimum absolute atomic E-state index is 0.860. The zero-order chi connectivity index (χ0) is 37.0. The van der Waals surface area contributed by atoms with Crippen molar-refractivity contribution in [2.24, 2.45) is 0 Å². The molecule has 1 aliphatic rings. The quantitative estimate of drug-likeness (QED) is 0.162. The number of para-hydroxylation sites is 2. The monoisotopic (exact) mass is 734 g/mol. The Bertz CT molecular complexity index is 3000. The van der Waals surface area contributed by atoms with Gasteiger partial charge in [0.1, 0.15) is 11.5 Å². The molecule has 11 rings (SSSR count). The van der Waals surface area contributed by atoms with E-state index in [4.69, 9.17) is 4.74 Å². The van der Waals surface area contributed by atoms with Gasteiger partial charge < -0.3 is 14.5 Å². The van der Waals surface area contributed by atoms with Crippen LogP contribution >= 0.6 is 11.3 Å². The van der Waals surface area contributed by atoms with Crippen molar-refractivity contribution in [2.75, 3.05) is 9.80 Å². The van der Waals surface area contributed by atoms with Crippen molar-refractivity contribution in [3.8, 4) is 33.8 Å². The zero-order valence-electron chi connectivity index (χ0n) is 30.3. The third-order valence-electron chi connectivity index (χ3n) is 10.8. The van der Waals surface area contributed by atoms with Crippen molar-refractivity contribution < 1.29 is 4.74 Å². The summed E-state index contributed by atoms with van der Waals surface area (Å²) in [5, 5.41) is 4.93. The Balaban J connectivity index is 0.983. The van der Waals surface area contributed by atoms with E-state index in [-0.39, 0.29) is 0 Å². The molecule has 56 heavy (non-hydrogen) atoms. The number of thiophene rings is 1. The number of anilines is 6. The van der Waals surface area contributed by atoms with Gasteiger partial charge in [-0.2, -0.15) is 0 Å². The molecule has 0 bridgehead atoms. The van der Waals surface area contributed by atoms with Crippen LogP contribution in [0.5, 0.6) is 11.5 Å². The van der Waals surface area contributed by atoms with Crippen molar-refractivity contribution in [1.29, 1.82) is 0 Å². The van der Waals surface area contributed by atoms with E-state index in [2.05, 4.69) is 216 Å². The van der Waals surface area contributed by atoms with E-state index in [1.54, 1.807) is 0 Å². The summed E-state index contributed by atoms with van der Waals surface area (Å²) in [6, 6.07) is 73.8. The number of ether oxygens (including phenoxy) is 1. The number of fused-ring (bicyclic) bond motifs is 5. The fraction of sp³-hybridized carbons (Fsp3) is 0. The van der Waals surface area contributed by atoms with E-state index < -0.39 is 0 Å². The van der Waals surface area contributed by atoms with E-state index in [1.165, 1.54) is 36.5 Å². The van der Waals surface area contributed by atoms with Gasteiger partial charge in [-0.3, -0.25) is 0 Å². The van der Waals surface area contributed by atoms with Gasteiger partial charge in [-0.25, -0.2) is 0 Å². The van der Waals surface area contributed by atoms with E-state index in [0.29, 0.717) is 0 Å². The normalized spacial score (nSPS) is 11.7. The number of hydrogen-bond acceptors (Lipinski definition) is 4. The topological polar surface area (TPSA) is 15.7 Å². The van der Waals surface area contributed by atoms with Gasteiger partial charge in [-0.15, -0.1) is 11.3 Å². The van der Waals surface area contributed by atoms with Crippen LogP contribution in [0.2, 0.25) is 0 Å². The highest BCUT2D eigenvalue weighted by atomic mass is 32.1. The molecule has 0 aliphatic carbocycles. The zero-order valence-corrected chi connectivity index (χ0v) is 31.2. The summed E-state index contributed by atoms with van der Waals surface area (Å²) in [4.78, 5) is 4.64. The third-order valence-corrected chi connectivity index (χ3v) is 12.0. The third kappa shape index (κ3) is 5.50. The molecule has 0 spiro atoms. The molecule has 0 saturated carbocycles. The van der Waals surface area contributed by atoms with Crippen molar-refractivity contribution in [3.05, 3.63) is 206 Å². The second kappa shape index (κ2) is 13.3. The molecular weight excluding hydrogens is 701 g/mol.